The van der Waals surface area contributed by atoms with Crippen molar-refractivity contribution in [2.24, 2.45) is 0 Å². The number of carbonyl (C=O) groups excluding carboxylic acids is 1. The van der Waals surface area contributed by atoms with Gasteiger partial charge in [-0.15, -0.1) is 11.8 Å². The standard InChI is InChI=1S/C20H21F2NO3S/c1-3-25-19-9-13-8-12(2)26-18(13)11-17(19)23-20(24)6-7-27-14-4-5-15(21)16(22)10-14/h4-5,9-12H,3,6-8H2,1-2H3,(H,23,24). The first-order valence-corrected chi connectivity index (χ1v) is 9.79. The van der Waals surface area contributed by atoms with E-state index in [0.717, 1.165) is 29.9 Å². The van der Waals surface area contributed by atoms with Crippen molar-refractivity contribution in [2.45, 2.75) is 37.7 Å². The average molecular weight is 393 g/mol. The predicted molar refractivity (Wildman–Crippen MR) is 102 cm³/mol. The summed E-state index contributed by atoms with van der Waals surface area (Å²) in [5.41, 5.74) is 1.64. The number of fused-ring (bicyclic) bond motifs is 1. The maximum Gasteiger partial charge on any atom is 0.225 e. The molecule has 2 aromatic carbocycles. The summed E-state index contributed by atoms with van der Waals surface area (Å²) < 4.78 is 37.5. The van der Waals surface area contributed by atoms with Gasteiger partial charge >= 0.3 is 0 Å². The Balaban J connectivity index is 1.60. The third-order valence-electron chi connectivity index (χ3n) is 4.06. The second-order valence-corrected chi connectivity index (χ2v) is 7.41. The van der Waals surface area contributed by atoms with Crippen LogP contribution in [0.15, 0.2) is 35.2 Å². The van der Waals surface area contributed by atoms with Crippen molar-refractivity contribution in [3.05, 3.63) is 47.5 Å². The average Bonchev–Trinajstić information content (AvgIpc) is 2.97. The molecule has 1 amide bonds. The minimum Gasteiger partial charge on any atom is -0.492 e. The molecule has 0 aliphatic carbocycles. The first-order chi connectivity index (χ1) is 13.0. The summed E-state index contributed by atoms with van der Waals surface area (Å²) >= 11 is 1.29. The monoisotopic (exact) mass is 393 g/mol. The number of anilines is 1. The lowest BCUT2D eigenvalue weighted by atomic mass is 10.1. The van der Waals surface area contributed by atoms with E-state index in [1.165, 1.54) is 17.8 Å². The van der Waals surface area contributed by atoms with Gasteiger partial charge in [0.05, 0.1) is 12.3 Å². The number of hydrogen-bond acceptors (Lipinski definition) is 4. The minimum atomic E-state index is -0.891. The van der Waals surface area contributed by atoms with Crippen molar-refractivity contribution in [2.75, 3.05) is 17.7 Å². The zero-order valence-corrected chi connectivity index (χ0v) is 16.0. The van der Waals surface area contributed by atoms with Gasteiger partial charge in [-0.25, -0.2) is 8.78 Å². The third kappa shape index (κ3) is 4.91. The highest BCUT2D eigenvalue weighted by atomic mass is 32.2. The van der Waals surface area contributed by atoms with Crippen LogP contribution in [0.1, 0.15) is 25.8 Å². The van der Waals surface area contributed by atoms with Gasteiger partial charge < -0.3 is 14.8 Å². The van der Waals surface area contributed by atoms with Crippen LogP contribution in [0.5, 0.6) is 11.5 Å². The number of halogens is 2. The molecule has 1 heterocycles. The highest BCUT2D eigenvalue weighted by molar-refractivity contribution is 7.99. The molecule has 0 saturated carbocycles. The van der Waals surface area contributed by atoms with E-state index in [4.69, 9.17) is 9.47 Å². The van der Waals surface area contributed by atoms with E-state index in [1.807, 2.05) is 19.9 Å². The molecule has 0 fully saturated rings. The number of hydrogen-bond donors (Lipinski definition) is 1. The lowest BCUT2D eigenvalue weighted by Crippen LogP contribution is -2.13. The normalized spacial score (nSPS) is 15.2. The minimum absolute atomic E-state index is 0.105. The molecule has 1 N–H and O–H groups in total. The Morgan fingerprint density at radius 2 is 2.11 bits per heavy atom. The molecule has 0 bridgehead atoms. The van der Waals surface area contributed by atoms with Crippen LogP contribution in [0.2, 0.25) is 0 Å². The molecule has 2 aromatic rings. The van der Waals surface area contributed by atoms with Gasteiger partial charge in [-0.1, -0.05) is 0 Å². The second-order valence-electron chi connectivity index (χ2n) is 6.24. The number of ether oxygens (including phenoxy) is 2. The molecular weight excluding hydrogens is 372 g/mol. The Morgan fingerprint density at radius 1 is 1.30 bits per heavy atom. The lowest BCUT2D eigenvalue weighted by molar-refractivity contribution is -0.115. The molecule has 3 rings (SSSR count). The topological polar surface area (TPSA) is 47.6 Å². The number of benzene rings is 2. The Labute approximate surface area is 161 Å². The summed E-state index contributed by atoms with van der Waals surface area (Å²) in [6.07, 6.45) is 1.14. The van der Waals surface area contributed by atoms with Gasteiger partial charge in [0.25, 0.3) is 0 Å². The molecule has 7 heteroatoms. The zero-order chi connectivity index (χ0) is 19.4. The van der Waals surface area contributed by atoms with Crippen molar-refractivity contribution in [3.63, 3.8) is 0 Å². The van der Waals surface area contributed by atoms with Gasteiger partial charge in [0.1, 0.15) is 17.6 Å². The number of amides is 1. The van der Waals surface area contributed by atoms with Crippen LogP contribution in [-0.2, 0) is 11.2 Å². The highest BCUT2D eigenvalue weighted by Crippen LogP contribution is 2.38. The van der Waals surface area contributed by atoms with Crippen LogP contribution in [0, 0.1) is 11.6 Å². The van der Waals surface area contributed by atoms with E-state index < -0.39 is 11.6 Å². The summed E-state index contributed by atoms with van der Waals surface area (Å²) in [4.78, 5) is 12.9. The molecule has 0 aromatic heterocycles. The largest absolute Gasteiger partial charge is 0.492 e. The molecule has 4 nitrogen and oxygen atoms in total. The van der Waals surface area contributed by atoms with Gasteiger partial charge in [0, 0.05) is 35.1 Å². The van der Waals surface area contributed by atoms with Crippen LogP contribution in [0.25, 0.3) is 0 Å². The third-order valence-corrected chi connectivity index (χ3v) is 5.06. The zero-order valence-electron chi connectivity index (χ0n) is 15.2. The molecule has 1 atom stereocenters. The van der Waals surface area contributed by atoms with E-state index in [1.54, 1.807) is 6.07 Å². The molecule has 0 spiro atoms. The summed E-state index contributed by atoms with van der Waals surface area (Å²) in [7, 11) is 0. The molecular formula is C20H21F2NO3S. The number of rotatable bonds is 7. The van der Waals surface area contributed by atoms with Crippen LogP contribution in [0.3, 0.4) is 0 Å². The van der Waals surface area contributed by atoms with Crippen LogP contribution in [0.4, 0.5) is 14.5 Å². The first kappa shape index (κ1) is 19.5. The van der Waals surface area contributed by atoms with Crippen molar-refractivity contribution >= 4 is 23.4 Å². The summed E-state index contributed by atoms with van der Waals surface area (Å²) in [5.74, 6) is -0.129. The summed E-state index contributed by atoms with van der Waals surface area (Å²) in [6, 6.07) is 7.41. The molecule has 1 unspecified atom stereocenters. The molecule has 144 valence electrons. The van der Waals surface area contributed by atoms with Crippen molar-refractivity contribution in [1.29, 1.82) is 0 Å². The van der Waals surface area contributed by atoms with Crippen LogP contribution >= 0.6 is 11.8 Å². The maximum absolute atomic E-state index is 13.2. The van der Waals surface area contributed by atoms with E-state index >= 15 is 0 Å². The van der Waals surface area contributed by atoms with Gasteiger partial charge in [-0.2, -0.15) is 0 Å². The fourth-order valence-corrected chi connectivity index (χ4v) is 3.73. The number of carbonyl (C=O) groups is 1. The van der Waals surface area contributed by atoms with Gasteiger partial charge in [0.2, 0.25) is 5.91 Å². The molecule has 1 aliphatic rings. The Hall–Kier alpha value is -2.28. The van der Waals surface area contributed by atoms with Crippen molar-refractivity contribution in [3.8, 4) is 11.5 Å². The Bertz CT molecular complexity index is 844. The Morgan fingerprint density at radius 3 is 2.85 bits per heavy atom. The molecule has 0 saturated heterocycles. The second kappa shape index (κ2) is 8.61. The quantitative estimate of drug-likeness (QED) is 0.686. The fraction of sp³-hybridized carbons (Fsp3) is 0.350. The van der Waals surface area contributed by atoms with Crippen molar-refractivity contribution < 1.29 is 23.0 Å². The van der Waals surface area contributed by atoms with E-state index in [9.17, 15) is 13.6 Å². The highest BCUT2D eigenvalue weighted by Gasteiger charge is 2.22. The molecule has 0 radical (unpaired) electrons. The summed E-state index contributed by atoms with van der Waals surface area (Å²) in [6.45, 7) is 4.37. The SMILES string of the molecule is CCOc1cc2c(cc1NC(=O)CCSc1ccc(F)c(F)c1)OC(C)C2. The fourth-order valence-electron chi connectivity index (χ4n) is 2.85. The molecule has 27 heavy (non-hydrogen) atoms. The Kier molecular flexibility index (Phi) is 6.21. The van der Waals surface area contributed by atoms with Crippen LogP contribution in [-0.4, -0.2) is 24.4 Å². The van der Waals surface area contributed by atoms with Crippen LogP contribution < -0.4 is 14.8 Å². The summed E-state index contributed by atoms with van der Waals surface area (Å²) in [5, 5.41) is 2.86. The van der Waals surface area contributed by atoms with Crippen molar-refractivity contribution in [1.82, 2.24) is 0 Å². The van der Waals surface area contributed by atoms with Gasteiger partial charge in [0.15, 0.2) is 11.6 Å². The van der Waals surface area contributed by atoms with Gasteiger partial charge in [-0.3, -0.25) is 4.79 Å². The van der Waals surface area contributed by atoms with E-state index in [2.05, 4.69) is 5.32 Å². The predicted octanol–water partition coefficient (Wildman–Crippen LogP) is 4.81. The van der Waals surface area contributed by atoms with Gasteiger partial charge in [-0.05, 0) is 38.1 Å². The number of nitrogens with one attached hydrogen (secondary N) is 1. The lowest BCUT2D eigenvalue weighted by Gasteiger charge is -2.13. The smallest absolute Gasteiger partial charge is 0.225 e. The first-order valence-electron chi connectivity index (χ1n) is 8.80. The van der Waals surface area contributed by atoms with E-state index in [-0.39, 0.29) is 18.4 Å². The number of thioether (sulfide) groups is 1. The molecule has 1 aliphatic heterocycles. The maximum atomic E-state index is 13.2. The van der Waals surface area contributed by atoms with E-state index in [0.29, 0.717) is 28.7 Å².